The lowest BCUT2D eigenvalue weighted by Crippen LogP contribution is -2.29. The Balaban J connectivity index is -0.000000200. The van der Waals surface area contributed by atoms with Crippen LogP contribution < -0.4 is 0 Å². The van der Waals surface area contributed by atoms with Gasteiger partial charge in [0.05, 0.1) is 18.1 Å². The minimum atomic E-state index is 0.167. The molecule has 15 heavy (non-hydrogen) atoms. The largest absolute Gasteiger partial charge is 0.569 e. The lowest BCUT2D eigenvalue weighted by Gasteiger charge is -2.11. The molecule has 0 saturated heterocycles. The maximum atomic E-state index is 10.4. The molecule has 0 heterocycles. The van der Waals surface area contributed by atoms with Gasteiger partial charge >= 0.3 is 0 Å². The quantitative estimate of drug-likeness (QED) is 0.451. The van der Waals surface area contributed by atoms with Crippen LogP contribution in [0.25, 0.3) is 0 Å². The fourth-order valence-corrected chi connectivity index (χ4v) is 0.522. The van der Waals surface area contributed by atoms with Crippen molar-refractivity contribution in [1.82, 2.24) is 5.01 Å². The Morgan fingerprint density at radius 3 is 1.53 bits per heavy atom. The maximum absolute atomic E-state index is 10.4. The van der Waals surface area contributed by atoms with E-state index in [4.69, 9.17) is 5.21 Å². The molecule has 0 saturated carbocycles. The van der Waals surface area contributed by atoms with Gasteiger partial charge in [0, 0.05) is 0 Å². The van der Waals surface area contributed by atoms with Crippen LogP contribution in [0.5, 0.6) is 0 Å². The Morgan fingerprint density at radius 1 is 1.20 bits per heavy atom. The third-order valence-corrected chi connectivity index (χ3v) is 1.05. The normalized spacial score (nSPS) is 9.33. The highest BCUT2D eigenvalue weighted by atomic mass is 16.6. The van der Waals surface area contributed by atoms with Gasteiger partial charge in [-0.1, -0.05) is 40.5 Å². The summed E-state index contributed by atoms with van der Waals surface area (Å²) < 4.78 is 0. The predicted octanol–water partition coefficient (Wildman–Crippen LogP) is 3.24. The summed E-state index contributed by atoms with van der Waals surface area (Å²) in [5.74, 6) is 0. The number of hydrogen-bond donors (Lipinski definition) is 1. The first-order valence-electron chi connectivity index (χ1n) is 5.45. The van der Waals surface area contributed by atoms with Gasteiger partial charge in [-0.25, -0.2) is 0 Å². The van der Waals surface area contributed by atoms with Crippen LogP contribution in [0, 0.1) is 12.1 Å². The van der Waals surface area contributed by atoms with E-state index in [9.17, 15) is 5.21 Å². The fourth-order valence-electron chi connectivity index (χ4n) is 0.522. The summed E-state index contributed by atoms with van der Waals surface area (Å²) in [7, 11) is 0. The van der Waals surface area contributed by atoms with Crippen molar-refractivity contribution in [2.75, 3.05) is 13.1 Å². The number of hydrazine groups is 1. The van der Waals surface area contributed by atoms with E-state index < -0.39 is 0 Å². The SMILES string of the molecule is CCC.CCN(CC)/[N+]([O-])=N/O.[CH2]CC. The van der Waals surface area contributed by atoms with Crippen LogP contribution in [0.15, 0.2) is 5.28 Å². The molecule has 0 rings (SSSR count). The molecule has 1 N–H and O–H groups in total. The second kappa shape index (κ2) is 18.7. The number of hydrogen-bond acceptors (Lipinski definition) is 2. The van der Waals surface area contributed by atoms with Gasteiger partial charge in [0.1, 0.15) is 0 Å². The van der Waals surface area contributed by atoms with E-state index in [2.05, 4.69) is 26.0 Å². The highest BCUT2D eigenvalue weighted by Gasteiger charge is 2.04. The van der Waals surface area contributed by atoms with Crippen molar-refractivity contribution in [2.24, 2.45) is 5.28 Å². The zero-order valence-corrected chi connectivity index (χ0v) is 10.7. The zero-order chi connectivity index (χ0) is 12.7. The molecule has 0 atom stereocenters. The van der Waals surface area contributed by atoms with Crippen LogP contribution in [0.4, 0.5) is 0 Å². The summed E-state index contributed by atoms with van der Waals surface area (Å²) in [6.07, 6.45) is 2.25. The van der Waals surface area contributed by atoms with Crippen molar-refractivity contribution in [3.05, 3.63) is 12.1 Å². The van der Waals surface area contributed by atoms with Crippen LogP contribution in [0.2, 0.25) is 0 Å². The molecule has 1 radical (unpaired) electrons. The molecular weight excluding hydrogens is 194 g/mol. The van der Waals surface area contributed by atoms with Crippen molar-refractivity contribution in [3.8, 4) is 0 Å². The molecule has 0 aliphatic rings. The van der Waals surface area contributed by atoms with Crippen molar-refractivity contribution in [1.29, 1.82) is 0 Å². The molecule has 0 unspecified atom stereocenters. The Labute approximate surface area is 93.9 Å². The van der Waals surface area contributed by atoms with E-state index in [1.54, 1.807) is 13.8 Å². The van der Waals surface area contributed by atoms with Crippen LogP contribution in [0.1, 0.15) is 47.5 Å². The molecule has 0 fully saturated rings. The number of nitrogens with zero attached hydrogens (tertiary/aromatic N) is 3. The van der Waals surface area contributed by atoms with Crippen LogP contribution in [-0.4, -0.2) is 28.3 Å². The van der Waals surface area contributed by atoms with Crippen molar-refractivity contribution >= 4 is 0 Å². The fraction of sp³-hybridized carbons (Fsp3) is 0.900. The first-order chi connectivity index (χ1) is 7.09. The number of rotatable bonds is 3. The summed E-state index contributed by atoms with van der Waals surface area (Å²) in [5.41, 5.74) is 0. The van der Waals surface area contributed by atoms with E-state index >= 15 is 0 Å². The summed E-state index contributed by atoms with van der Waals surface area (Å²) in [6.45, 7) is 14.5. The van der Waals surface area contributed by atoms with Crippen molar-refractivity contribution in [2.45, 2.75) is 47.5 Å². The van der Waals surface area contributed by atoms with E-state index in [0.29, 0.717) is 13.1 Å². The minimum Gasteiger partial charge on any atom is -0.569 e. The summed E-state index contributed by atoms with van der Waals surface area (Å²) in [4.78, 5) is 0.167. The Kier molecular flexibility index (Phi) is 24.4. The zero-order valence-electron chi connectivity index (χ0n) is 10.7. The molecule has 0 spiro atoms. The van der Waals surface area contributed by atoms with Crippen molar-refractivity contribution < 1.29 is 10.2 Å². The van der Waals surface area contributed by atoms with Gasteiger partial charge in [0.25, 0.3) is 0 Å². The predicted molar refractivity (Wildman–Crippen MR) is 62.4 cm³/mol. The van der Waals surface area contributed by atoms with Gasteiger partial charge < -0.3 is 10.4 Å². The van der Waals surface area contributed by atoms with Gasteiger partial charge in [0.2, 0.25) is 5.28 Å². The van der Waals surface area contributed by atoms with Crippen LogP contribution in [-0.2, 0) is 0 Å². The molecule has 0 aromatic rings. The van der Waals surface area contributed by atoms with Crippen molar-refractivity contribution in [3.63, 3.8) is 0 Å². The molecule has 0 aliphatic carbocycles. The van der Waals surface area contributed by atoms with E-state index in [-0.39, 0.29) is 4.97 Å². The second-order valence-electron chi connectivity index (χ2n) is 2.69. The summed E-state index contributed by atoms with van der Waals surface area (Å²) in [6, 6.07) is 0. The van der Waals surface area contributed by atoms with Gasteiger partial charge in [-0.3, -0.25) is 0 Å². The monoisotopic (exact) mass is 220 g/mol. The topological polar surface area (TPSA) is 61.9 Å². The Hall–Kier alpha value is -1.00. The first kappa shape index (κ1) is 19.6. The molecular formula is C10H26N3O2. The standard InChI is InChI=1S/C4H11N3O2.C3H8.C3H7/c1-3-6(4-2)7(9)5-8;2*1-3-2/h8H,3-4H2,1-2H3;3H2,1-2H3;1,3H2,2H3/b7-5-;;. The Bertz CT molecular complexity index is 124. The molecule has 0 bridgehead atoms. The molecule has 0 aromatic heterocycles. The summed E-state index contributed by atoms with van der Waals surface area (Å²) in [5, 5.41) is 22.1. The average molecular weight is 220 g/mol. The lowest BCUT2D eigenvalue weighted by molar-refractivity contribution is -0.708. The lowest BCUT2D eigenvalue weighted by atomic mass is 10.6. The first-order valence-corrected chi connectivity index (χ1v) is 5.45. The van der Waals surface area contributed by atoms with Crippen LogP contribution in [0.3, 0.4) is 0 Å². The van der Waals surface area contributed by atoms with Gasteiger partial charge in [-0.05, 0) is 13.8 Å². The van der Waals surface area contributed by atoms with Gasteiger partial charge in [-0.15, -0.1) is 5.01 Å². The molecule has 5 heteroatoms. The van der Waals surface area contributed by atoms with Gasteiger partial charge in [-0.2, -0.15) is 0 Å². The highest BCUT2D eigenvalue weighted by molar-refractivity contribution is 4.29. The molecule has 0 amide bonds. The van der Waals surface area contributed by atoms with Crippen LogP contribution >= 0.6 is 0 Å². The molecule has 0 aliphatic heterocycles. The van der Waals surface area contributed by atoms with E-state index in [1.165, 1.54) is 11.4 Å². The van der Waals surface area contributed by atoms with E-state index in [0.717, 1.165) is 6.42 Å². The maximum Gasteiger partial charge on any atom is 0.230 e. The van der Waals surface area contributed by atoms with Gasteiger partial charge in [0.15, 0.2) is 0 Å². The molecule has 0 aromatic carbocycles. The average Bonchev–Trinajstić information content (AvgIpc) is 2.21. The smallest absolute Gasteiger partial charge is 0.230 e. The summed E-state index contributed by atoms with van der Waals surface area (Å²) >= 11 is 0. The Morgan fingerprint density at radius 2 is 1.47 bits per heavy atom. The molecule has 93 valence electrons. The third kappa shape index (κ3) is 19.4. The minimum absolute atomic E-state index is 0.167. The second-order valence-corrected chi connectivity index (χ2v) is 2.69. The van der Waals surface area contributed by atoms with E-state index in [1.807, 2.05) is 6.92 Å². The highest BCUT2D eigenvalue weighted by Crippen LogP contribution is 1.86. The molecule has 5 nitrogen and oxygen atoms in total. The third-order valence-electron chi connectivity index (χ3n) is 1.05.